The van der Waals surface area contributed by atoms with Gasteiger partial charge in [0.2, 0.25) is 0 Å². The van der Waals surface area contributed by atoms with E-state index in [1.54, 1.807) is 17.4 Å². The van der Waals surface area contributed by atoms with Crippen LogP contribution in [0.25, 0.3) is 22.1 Å². The second-order valence-corrected chi connectivity index (χ2v) is 11.6. The molecule has 3 aromatic rings. The third-order valence-electron chi connectivity index (χ3n) is 6.08. The van der Waals surface area contributed by atoms with E-state index in [1.807, 2.05) is 73.6 Å². The van der Waals surface area contributed by atoms with Gasteiger partial charge in [0.25, 0.3) is 10.1 Å². The molecular formula is C29H26N4NaO3S2. The van der Waals surface area contributed by atoms with E-state index in [0.29, 0.717) is 23.4 Å². The van der Waals surface area contributed by atoms with E-state index in [9.17, 15) is 23.5 Å². The molecule has 0 aliphatic carbocycles. The molecular weight excluding hydrogens is 539 g/mol. The molecule has 193 valence electrons. The van der Waals surface area contributed by atoms with Crippen LogP contribution in [0.15, 0.2) is 84.1 Å². The molecule has 0 bridgehead atoms. The number of nitriles is 2. The molecule has 0 saturated heterocycles. The minimum absolute atomic E-state index is 0. The van der Waals surface area contributed by atoms with Crippen LogP contribution in [0.1, 0.15) is 16.9 Å². The summed E-state index contributed by atoms with van der Waals surface area (Å²) in [6.45, 7) is 0.322. The maximum Gasteiger partial charge on any atom is 0.264 e. The second-order valence-electron chi connectivity index (χ2n) is 8.87. The Morgan fingerprint density at radius 3 is 2.36 bits per heavy atom. The molecule has 0 fully saturated rings. The number of allylic oxidation sites excluding steroid dienone is 4. The molecule has 0 spiro atoms. The topological polar surface area (TPSA) is 108 Å². The Morgan fingerprint density at radius 2 is 1.72 bits per heavy atom. The van der Waals surface area contributed by atoms with Gasteiger partial charge < -0.3 is 9.80 Å². The van der Waals surface area contributed by atoms with Gasteiger partial charge in [-0.3, -0.25) is 4.55 Å². The zero-order valence-electron chi connectivity index (χ0n) is 22.0. The Labute approximate surface area is 255 Å². The van der Waals surface area contributed by atoms with Gasteiger partial charge in [0, 0.05) is 88.2 Å². The van der Waals surface area contributed by atoms with Crippen LogP contribution in [0, 0.1) is 22.7 Å². The fourth-order valence-electron chi connectivity index (χ4n) is 4.21. The SMILES string of the molecule is CN(C)c1ccc(-c2ccc(/C=C/C3=CC(=C(C#N)C#N)c4ccccc4N3CCCS(=O)(=O)O)s2)cc1.[Na]. The zero-order valence-corrected chi connectivity index (χ0v) is 25.6. The first-order chi connectivity index (χ1) is 18.2. The predicted octanol–water partition coefficient (Wildman–Crippen LogP) is 5.60. The van der Waals surface area contributed by atoms with E-state index < -0.39 is 10.1 Å². The van der Waals surface area contributed by atoms with Crippen molar-refractivity contribution in [2.24, 2.45) is 0 Å². The summed E-state index contributed by atoms with van der Waals surface area (Å²) < 4.78 is 31.9. The van der Waals surface area contributed by atoms with Crippen molar-refractivity contribution in [3.63, 3.8) is 0 Å². The van der Waals surface area contributed by atoms with Crippen molar-refractivity contribution in [2.45, 2.75) is 6.42 Å². The molecule has 1 N–H and O–H groups in total. The van der Waals surface area contributed by atoms with Crippen LogP contribution in [0.2, 0.25) is 0 Å². The monoisotopic (exact) mass is 565 g/mol. The molecule has 4 rings (SSSR count). The van der Waals surface area contributed by atoms with Crippen molar-refractivity contribution >= 4 is 74.0 Å². The quantitative estimate of drug-likeness (QED) is 0.215. The van der Waals surface area contributed by atoms with Crippen molar-refractivity contribution < 1.29 is 13.0 Å². The van der Waals surface area contributed by atoms with Crippen LogP contribution in [0.5, 0.6) is 0 Å². The number of rotatable bonds is 8. The molecule has 0 saturated carbocycles. The van der Waals surface area contributed by atoms with E-state index in [1.165, 1.54) is 0 Å². The normalized spacial score (nSPS) is 12.7. The number of hydrogen-bond donors (Lipinski definition) is 1. The Balaban J connectivity index is 0.00000420. The fraction of sp³-hybridized carbons (Fsp3) is 0.172. The first kappa shape index (κ1) is 30.4. The van der Waals surface area contributed by atoms with Gasteiger partial charge in [-0.15, -0.1) is 11.3 Å². The Hall–Kier alpha value is -3.15. The maximum atomic E-state index is 11.3. The van der Waals surface area contributed by atoms with Gasteiger partial charge in [0.15, 0.2) is 0 Å². The minimum Gasteiger partial charge on any atom is -0.378 e. The van der Waals surface area contributed by atoms with Gasteiger partial charge in [0.05, 0.1) is 5.75 Å². The smallest absolute Gasteiger partial charge is 0.264 e. The molecule has 0 amide bonds. The summed E-state index contributed by atoms with van der Waals surface area (Å²) in [5.41, 5.74) is 4.95. The molecule has 0 atom stereocenters. The first-order valence-electron chi connectivity index (χ1n) is 11.8. The molecule has 0 unspecified atom stereocenters. The third kappa shape index (κ3) is 7.49. The van der Waals surface area contributed by atoms with Crippen LogP contribution in [-0.4, -0.2) is 68.9 Å². The molecule has 1 aromatic heterocycles. The van der Waals surface area contributed by atoms with E-state index >= 15 is 0 Å². The van der Waals surface area contributed by atoms with E-state index in [0.717, 1.165) is 26.7 Å². The Kier molecular flexibility index (Phi) is 10.3. The van der Waals surface area contributed by atoms with Crippen molar-refractivity contribution in [2.75, 3.05) is 36.2 Å². The molecule has 10 heteroatoms. The van der Waals surface area contributed by atoms with E-state index in [-0.39, 0.29) is 47.3 Å². The molecule has 1 radical (unpaired) electrons. The molecule has 2 heterocycles. The van der Waals surface area contributed by atoms with Gasteiger partial charge in [-0.1, -0.05) is 30.3 Å². The van der Waals surface area contributed by atoms with Crippen LogP contribution >= 0.6 is 11.3 Å². The second kappa shape index (κ2) is 13.3. The summed E-state index contributed by atoms with van der Waals surface area (Å²) in [5, 5.41) is 19.1. The summed E-state index contributed by atoms with van der Waals surface area (Å²) in [6, 6.07) is 23.8. The Morgan fingerprint density at radius 1 is 1.03 bits per heavy atom. The van der Waals surface area contributed by atoms with Crippen LogP contribution in [0.4, 0.5) is 11.4 Å². The number of benzene rings is 2. The van der Waals surface area contributed by atoms with Crippen molar-refractivity contribution in [1.29, 1.82) is 10.5 Å². The molecule has 1 aliphatic rings. The van der Waals surface area contributed by atoms with Gasteiger partial charge in [-0.2, -0.15) is 18.9 Å². The standard InChI is InChI=1S/C29H26N4O3S2.Na/c1-32(2)23-10-8-21(9-11-23)29-15-14-25(37-29)13-12-24-18-27(22(19-30)20-31)26-6-3-4-7-28(26)33(24)16-5-17-38(34,35)36;/h3-4,6-15,18H,5,16-17H2,1-2H3,(H,34,35,36);/b13-12+;. The minimum atomic E-state index is -4.10. The van der Waals surface area contributed by atoms with E-state index in [4.69, 9.17) is 0 Å². The number of para-hydroxylation sites is 1. The number of anilines is 2. The van der Waals surface area contributed by atoms with Gasteiger partial charge >= 0.3 is 0 Å². The molecule has 39 heavy (non-hydrogen) atoms. The van der Waals surface area contributed by atoms with Crippen LogP contribution in [-0.2, 0) is 10.1 Å². The number of nitrogens with zero attached hydrogens (tertiary/aromatic N) is 4. The summed E-state index contributed by atoms with van der Waals surface area (Å²) in [4.78, 5) is 6.14. The average Bonchev–Trinajstić information content (AvgIpc) is 3.37. The summed E-state index contributed by atoms with van der Waals surface area (Å²) in [5.74, 6) is -0.367. The molecule has 1 aliphatic heterocycles. The Bertz CT molecular complexity index is 1610. The fourth-order valence-corrected chi connectivity index (χ4v) is 5.62. The van der Waals surface area contributed by atoms with Crippen LogP contribution < -0.4 is 9.80 Å². The molecule has 7 nitrogen and oxygen atoms in total. The van der Waals surface area contributed by atoms with Crippen molar-refractivity contribution in [3.05, 3.63) is 94.5 Å². The van der Waals surface area contributed by atoms with Crippen LogP contribution in [0.3, 0.4) is 0 Å². The summed E-state index contributed by atoms with van der Waals surface area (Å²) in [6.07, 6.45) is 5.85. The largest absolute Gasteiger partial charge is 0.378 e. The average molecular weight is 566 g/mol. The maximum absolute atomic E-state index is 11.3. The number of thiophene rings is 1. The van der Waals surface area contributed by atoms with Crippen molar-refractivity contribution in [1.82, 2.24) is 0 Å². The van der Waals surface area contributed by atoms with Gasteiger partial charge in [-0.05, 0) is 60.5 Å². The third-order valence-corrected chi connectivity index (χ3v) is 7.98. The molecule has 2 aromatic carbocycles. The number of hydrogen-bond acceptors (Lipinski definition) is 7. The van der Waals surface area contributed by atoms with E-state index in [2.05, 4.69) is 35.2 Å². The zero-order chi connectivity index (χ0) is 27.3. The summed E-state index contributed by atoms with van der Waals surface area (Å²) >= 11 is 1.64. The predicted molar refractivity (Wildman–Crippen MR) is 160 cm³/mol. The van der Waals surface area contributed by atoms with Crippen molar-refractivity contribution in [3.8, 4) is 22.6 Å². The van der Waals surface area contributed by atoms with Gasteiger partial charge in [0.1, 0.15) is 17.7 Å². The first-order valence-corrected chi connectivity index (χ1v) is 14.3. The number of fused-ring (bicyclic) bond motifs is 1. The summed E-state index contributed by atoms with van der Waals surface area (Å²) in [7, 11) is -0.0906. The van der Waals surface area contributed by atoms with Gasteiger partial charge in [-0.25, -0.2) is 0 Å².